The minimum absolute atomic E-state index is 0.0705. The fourth-order valence-corrected chi connectivity index (χ4v) is 4.63. The molecule has 1 saturated heterocycles. The van der Waals surface area contributed by atoms with Gasteiger partial charge in [-0.15, -0.1) is 0 Å². The summed E-state index contributed by atoms with van der Waals surface area (Å²) in [4.78, 5) is 2.47. The number of para-hydroxylation sites is 2. The van der Waals surface area contributed by atoms with Crippen molar-refractivity contribution in [3.05, 3.63) is 58.1 Å². The van der Waals surface area contributed by atoms with Crippen LogP contribution in [0.3, 0.4) is 0 Å². The van der Waals surface area contributed by atoms with E-state index in [-0.39, 0.29) is 13.2 Å². The van der Waals surface area contributed by atoms with Crippen molar-refractivity contribution in [2.45, 2.75) is 38.5 Å². The third-order valence-corrected chi connectivity index (χ3v) is 6.31. The summed E-state index contributed by atoms with van der Waals surface area (Å²) in [5, 5.41) is 20.3. The van der Waals surface area contributed by atoms with Gasteiger partial charge in [0.1, 0.15) is 18.5 Å². The van der Waals surface area contributed by atoms with Gasteiger partial charge in [-0.25, -0.2) is 0 Å². The van der Waals surface area contributed by atoms with E-state index in [0.717, 1.165) is 37.2 Å². The number of hydrogen-bond acceptors (Lipinski definition) is 4. The zero-order valence-electron chi connectivity index (χ0n) is 17.4. The van der Waals surface area contributed by atoms with Crippen LogP contribution >= 0.6 is 23.2 Å². The Balaban J connectivity index is 1.47. The summed E-state index contributed by atoms with van der Waals surface area (Å²) >= 11 is 12.1. The fraction of sp³-hybridized carbons (Fsp3) is 0.435. The summed E-state index contributed by atoms with van der Waals surface area (Å²) in [5.41, 5.74) is 2.34. The number of ether oxygens (including phenoxy) is 1. The molecule has 2 heterocycles. The van der Waals surface area contributed by atoms with Crippen molar-refractivity contribution in [3.63, 3.8) is 0 Å². The summed E-state index contributed by atoms with van der Waals surface area (Å²) < 4.78 is 9.57. The molecule has 0 spiro atoms. The van der Waals surface area contributed by atoms with E-state index in [1.165, 1.54) is 19.3 Å². The average Bonchev–Trinajstić information content (AvgIpc) is 3.03. The molecule has 0 amide bonds. The van der Waals surface area contributed by atoms with Gasteiger partial charge >= 0.3 is 0 Å². The normalized spacial score (nSPS) is 16.0. The predicted molar refractivity (Wildman–Crippen MR) is 124 cm³/mol. The maximum atomic E-state index is 10.6. The van der Waals surface area contributed by atoms with E-state index in [1.807, 2.05) is 33.4 Å². The van der Waals surface area contributed by atoms with Crippen LogP contribution in [0.15, 0.2) is 42.5 Å². The van der Waals surface area contributed by atoms with Crippen LogP contribution in [0.5, 0.6) is 5.75 Å². The van der Waals surface area contributed by atoms with Crippen LogP contribution in [0.1, 0.15) is 19.3 Å². The first-order valence-electron chi connectivity index (χ1n) is 10.7. The Morgan fingerprint density at radius 1 is 0.968 bits per heavy atom. The van der Waals surface area contributed by atoms with Crippen LogP contribution in [0.25, 0.3) is 11.0 Å². The Morgan fingerprint density at radius 3 is 2.39 bits per heavy atom. The quantitative estimate of drug-likeness (QED) is 0.528. The number of rotatable bonds is 8. The summed E-state index contributed by atoms with van der Waals surface area (Å²) in [6, 6.07) is 13.0. The first-order valence-corrected chi connectivity index (χ1v) is 11.5. The second kappa shape index (κ2) is 10.1. The lowest BCUT2D eigenvalue weighted by atomic mass is 10.1. The molecule has 1 aliphatic heterocycles. The number of imidazole rings is 1. The van der Waals surface area contributed by atoms with Gasteiger partial charge in [-0.05, 0) is 56.3 Å². The van der Waals surface area contributed by atoms with Gasteiger partial charge in [-0.3, -0.25) is 5.41 Å². The zero-order chi connectivity index (χ0) is 21.8. The van der Waals surface area contributed by atoms with Crippen LogP contribution in [-0.4, -0.2) is 51.5 Å². The number of fused-ring (bicyclic) bond motifs is 1. The molecule has 31 heavy (non-hydrogen) atoms. The Bertz CT molecular complexity index is 1090. The summed E-state index contributed by atoms with van der Waals surface area (Å²) in [7, 11) is 0. The monoisotopic (exact) mass is 462 g/mol. The highest BCUT2D eigenvalue weighted by Crippen LogP contribution is 2.27. The van der Waals surface area contributed by atoms with E-state index < -0.39 is 6.10 Å². The summed E-state index contributed by atoms with van der Waals surface area (Å²) in [6.07, 6.45) is 3.03. The van der Waals surface area contributed by atoms with Gasteiger partial charge in [0.25, 0.3) is 0 Å². The van der Waals surface area contributed by atoms with Crippen molar-refractivity contribution >= 4 is 34.2 Å². The Morgan fingerprint density at radius 2 is 1.68 bits per heavy atom. The lowest BCUT2D eigenvalue weighted by molar-refractivity contribution is 0.0921. The van der Waals surface area contributed by atoms with Gasteiger partial charge < -0.3 is 23.9 Å². The number of piperidine rings is 1. The van der Waals surface area contributed by atoms with Gasteiger partial charge in [0.2, 0.25) is 5.62 Å². The number of benzene rings is 2. The van der Waals surface area contributed by atoms with E-state index in [2.05, 4.69) is 4.90 Å². The molecule has 8 heteroatoms. The molecule has 0 aliphatic carbocycles. The minimum atomic E-state index is -0.790. The molecular weight excluding hydrogens is 435 g/mol. The SMILES string of the molecule is N=c1n(CCN2CCCCC2)c2ccccc2n1CC(O)COc1ccc(Cl)cc1Cl. The van der Waals surface area contributed by atoms with Gasteiger partial charge in [0, 0.05) is 18.1 Å². The molecule has 0 radical (unpaired) electrons. The number of aliphatic hydroxyl groups excluding tert-OH is 1. The van der Waals surface area contributed by atoms with Crippen LogP contribution in [0, 0.1) is 5.41 Å². The van der Waals surface area contributed by atoms with Gasteiger partial charge in [-0.2, -0.15) is 0 Å². The zero-order valence-corrected chi connectivity index (χ0v) is 18.9. The highest BCUT2D eigenvalue weighted by Gasteiger charge is 2.16. The molecule has 3 aromatic rings. The molecular formula is C23H28Cl2N4O2. The van der Waals surface area contributed by atoms with Crippen LogP contribution in [0.4, 0.5) is 0 Å². The number of nitrogens with zero attached hydrogens (tertiary/aromatic N) is 3. The lowest BCUT2D eigenvalue weighted by Crippen LogP contribution is -2.36. The van der Waals surface area contributed by atoms with Crippen molar-refractivity contribution in [3.8, 4) is 5.75 Å². The van der Waals surface area contributed by atoms with E-state index in [0.29, 0.717) is 21.4 Å². The largest absolute Gasteiger partial charge is 0.489 e. The number of nitrogens with one attached hydrogen (secondary N) is 1. The van der Waals surface area contributed by atoms with Crippen molar-refractivity contribution in [1.82, 2.24) is 14.0 Å². The predicted octanol–water partition coefficient (Wildman–Crippen LogP) is 4.15. The number of aromatic nitrogens is 2. The highest BCUT2D eigenvalue weighted by atomic mass is 35.5. The molecule has 1 atom stereocenters. The topological polar surface area (TPSA) is 66.4 Å². The first kappa shape index (κ1) is 22.2. The minimum Gasteiger partial charge on any atom is -0.489 e. The molecule has 0 bridgehead atoms. The molecule has 166 valence electrons. The molecule has 1 aromatic heterocycles. The Hall–Kier alpha value is -1.99. The maximum Gasteiger partial charge on any atom is 0.203 e. The maximum absolute atomic E-state index is 10.6. The molecule has 2 N–H and O–H groups in total. The van der Waals surface area contributed by atoms with Crippen molar-refractivity contribution in [1.29, 1.82) is 5.41 Å². The Kier molecular flexibility index (Phi) is 7.23. The molecule has 4 rings (SSSR count). The smallest absolute Gasteiger partial charge is 0.203 e. The second-order valence-electron chi connectivity index (χ2n) is 8.02. The van der Waals surface area contributed by atoms with Gasteiger partial charge in [0.05, 0.1) is 22.6 Å². The molecule has 1 unspecified atom stereocenters. The Labute approximate surface area is 192 Å². The number of halogens is 2. The van der Waals surface area contributed by atoms with Crippen LogP contribution in [-0.2, 0) is 13.1 Å². The molecule has 1 aliphatic rings. The highest BCUT2D eigenvalue weighted by molar-refractivity contribution is 6.35. The molecule has 1 fully saturated rings. The third kappa shape index (κ3) is 5.26. The second-order valence-corrected chi connectivity index (χ2v) is 8.86. The fourth-order valence-electron chi connectivity index (χ4n) is 4.17. The van der Waals surface area contributed by atoms with Crippen molar-refractivity contribution in [2.24, 2.45) is 0 Å². The van der Waals surface area contributed by atoms with E-state index in [1.54, 1.807) is 18.2 Å². The van der Waals surface area contributed by atoms with E-state index in [4.69, 9.17) is 33.3 Å². The van der Waals surface area contributed by atoms with E-state index in [9.17, 15) is 5.11 Å². The molecule has 2 aromatic carbocycles. The standard InChI is InChI=1S/C23H28Cl2N4O2/c24-17-8-9-22(19(25)14-17)31-16-18(30)15-29-21-7-3-2-6-20(21)28(23(29)26)13-12-27-10-4-1-5-11-27/h2-3,6-9,14,18,26,30H,1,4-5,10-13,15-16H2. The summed E-state index contributed by atoms with van der Waals surface area (Å²) in [5.74, 6) is 0.477. The van der Waals surface area contributed by atoms with Crippen LogP contribution in [0.2, 0.25) is 10.0 Å². The molecule has 6 nitrogen and oxygen atoms in total. The number of aliphatic hydroxyl groups is 1. The van der Waals surface area contributed by atoms with Crippen molar-refractivity contribution < 1.29 is 9.84 Å². The lowest BCUT2D eigenvalue weighted by Gasteiger charge is -2.26. The van der Waals surface area contributed by atoms with Crippen molar-refractivity contribution in [2.75, 3.05) is 26.2 Å². The van der Waals surface area contributed by atoms with E-state index >= 15 is 0 Å². The van der Waals surface area contributed by atoms with Gasteiger partial charge in [0.15, 0.2) is 0 Å². The van der Waals surface area contributed by atoms with Gasteiger partial charge in [-0.1, -0.05) is 41.8 Å². The molecule has 0 saturated carbocycles. The number of likely N-dealkylation sites (tertiary alicyclic amines) is 1. The number of hydrogen-bond donors (Lipinski definition) is 2. The van der Waals surface area contributed by atoms with Crippen LogP contribution < -0.4 is 10.4 Å². The first-order chi connectivity index (χ1) is 15.0. The third-order valence-electron chi connectivity index (χ3n) is 5.78. The summed E-state index contributed by atoms with van der Waals surface area (Å²) in [6.45, 7) is 4.30. The average molecular weight is 463 g/mol.